The van der Waals surface area contributed by atoms with Gasteiger partial charge in [0.25, 0.3) is 0 Å². The molecular formula is C17H24ClNO2. The summed E-state index contributed by atoms with van der Waals surface area (Å²) in [5.74, 6) is 0.0765. The lowest BCUT2D eigenvalue weighted by Gasteiger charge is -2.28. The van der Waals surface area contributed by atoms with Crippen molar-refractivity contribution in [2.45, 2.75) is 39.5 Å². The zero-order chi connectivity index (χ0) is 15.5. The fourth-order valence-electron chi connectivity index (χ4n) is 3.31. The predicted octanol–water partition coefficient (Wildman–Crippen LogP) is 3.92. The Labute approximate surface area is 131 Å². The van der Waals surface area contributed by atoms with Crippen molar-refractivity contribution < 1.29 is 9.90 Å². The minimum absolute atomic E-state index is 0.0381. The molecule has 3 nitrogen and oxygen atoms in total. The van der Waals surface area contributed by atoms with Crippen LogP contribution in [-0.4, -0.2) is 30.6 Å². The van der Waals surface area contributed by atoms with E-state index in [2.05, 4.69) is 11.8 Å². The van der Waals surface area contributed by atoms with Crippen molar-refractivity contribution in [1.82, 2.24) is 0 Å². The number of halogens is 1. The SMILES string of the molecule is CCCC1(CO)CCN(c2cccc(Cl)c2C(=O)CC)C1. The molecule has 0 spiro atoms. The van der Waals surface area contributed by atoms with Crippen LogP contribution in [0.5, 0.6) is 0 Å². The number of aliphatic hydroxyl groups excluding tert-OH is 1. The number of benzene rings is 1. The minimum atomic E-state index is -0.0381. The van der Waals surface area contributed by atoms with E-state index in [1.54, 1.807) is 6.07 Å². The van der Waals surface area contributed by atoms with Gasteiger partial charge in [0, 0.05) is 30.6 Å². The Kier molecular flexibility index (Phi) is 5.28. The number of carbonyl (C=O) groups is 1. The van der Waals surface area contributed by atoms with E-state index in [1.165, 1.54) is 0 Å². The summed E-state index contributed by atoms with van der Waals surface area (Å²) in [4.78, 5) is 14.4. The predicted molar refractivity (Wildman–Crippen MR) is 87.3 cm³/mol. The van der Waals surface area contributed by atoms with E-state index in [9.17, 15) is 9.90 Å². The van der Waals surface area contributed by atoms with Crippen LogP contribution in [0.1, 0.15) is 49.9 Å². The minimum Gasteiger partial charge on any atom is -0.396 e. The van der Waals surface area contributed by atoms with Crippen molar-refractivity contribution in [1.29, 1.82) is 0 Å². The van der Waals surface area contributed by atoms with Crippen LogP contribution >= 0.6 is 11.6 Å². The van der Waals surface area contributed by atoms with E-state index in [4.69, 9.17) is 11.6 Å². The van der Waals surface area contributed by atoms with Gasteiger partial charge in [-0.25, -0.2) is 0 Å². The molecule has 1 aromatic carbocycles. The van der Waals surface area contributed by atoms with Crippen LogP contribution in [0.25, 0.3) is 0 Å². The second-order valence-electron chi connectivity index (χ2n) is 5.99. The normalized spacial score (nSPS) is 21.8. The average Bonchev–Trinajstić information content (AvgIpc) is 2.91. The zero-order valence-corrected chi connectivity index (χ0v) is 13.6. The summed E-state index contributed by atoms with van der Waals surface area (Å²) >= 11 is 6.25. The Morgan fingerprint density at radius 1 is 1.43 bits per heavy atom. The van der Waals surface area contributed by atoms with Crippen molar-refractivity contribution in [2.24, 2.45) is 5.41 Å². The molecule has 4 heteroatoms. The number of hydrogen-bond acceptors (Lipinski definition) is 3. The molecule has 0 radical (unpaired) electrons. The molecular weight excluding hydrogens is 286 g/mol. The third-order valence-electron chi connectivity index (χ3n) is 4.49. The second kappa shape index (κ2) is 6.80. The van der Waals surface area contributed by atoms with Crippen molar-refractivity contribution in [3.8, 4) is 0 Å². The third kappa shape index (κ3) is 3.24. The first kappa shape index (κ1) is 16.3. The van der Waals surface area contributed by atoms with E-state index in [0.717, 1.165) is 38.0 Å². The van der Waals surface area contributed by atoms with Crippen molar-refractivity contribution in [2.75, 3.05) is 24.6 Å². The highest BCUT2D eigenvalue weighted by Crippen LogP contribution is 2.39. The van der Waals surface area contributed by atoms with Gasteiger partial charge in [0.05, 0.1) is 17.2 Å². The molecule has 0 bridgehead atoms. The van der Waals surface area contributed by atoms with Crippen LogP contribution in [0.3, 0.4) is 0 Å². The van der Waals surface area contributed by atoms with E-state index >= 15 is 0 Å². The van der Waals surface area contributed by atoms with E-state index in [-0.39, 0.29) is 17.8 Å². The first-order valence-electron chi connectivity index (χ1n) is 7.74. The average molecular weight is 310 g/mol. The van der Waals surface area contributed by atoms with E-state index in [0.29, 0.717) is 17.0 Å². The van der Waals surface area contributed by atoms with Crippen LogP contribution < -0.4 is 4.90 Å². The summed E-state index contributed by atoms with van der Waals surface area (Å²) in [5, 5.41) is 10.3. The Morgan fingerprint density at radius 3 is 2.81 bits per heavy atom. The van der Waals surface area contributed by atoms with Crippen LogP contribution in [0.15, 0.2) is 18.2 Å². The van der Waals surface area contributed by atoms with Gasteiger partial charge in [0.2, 0.25) is 0 Å². The summed E-state index contributed by atoms with van der Waals surface area (Å²) < 4.78 is 0. The molecule has 1 aliphatic heterocycles. The first-order valence-corrected chi connectivity index (χ1v) is 8.12. The molecule has 1 N–H and O–H groups in total. The summed E-state index contributed by atoms with van der Waals surface area (Å²) in [5.41, 5.74) is 1.51. The van der Waals surface area contributed by atoms with Gasteiger partial charge in [-0.1, -0.05) is 37.9 Å². The maximum Gasteiger partial charge on any atom is 0.166 e. The lowest BCUT2D eigenvalue weighted by atomic mass is 9.83. The summed E-state index contributed by atoms with van der Waals surface area (Å²) in [6, 6.07) is 5.63. The molecule has 116 valence electrons. The van der Waals surface area contributed by atoms with Gasteiger partial charge in [-0.3, -0.25) is 4.79 Å². The lowest BCUT2D eigenvalue weighted by molar-refractivity contribution is 0.0988. The standard InChI is InChI=1S/C17H24ClNO2/c1-3-8-17(12-20)9-10-19(11-17)14-7-5-6-13(18)16(14)15(21)4-2/h5-7,20H,3-4,8-12H2,1-2H3. The van der Waals surface area contributed by atoms with Gasteiger partial charge in [-0.2, -0.15) is 0 Å². The van der Waals surface area contributed by atoms with Gasteiger partial charge in [-0.15, -0.1) is 0 Å². The van der Waals surface area contributed by atoms with Crippen LogP contribution in [-0.2, 0) is 0 Å². The Balaban J connectivity index is 2.32. The zero-order valence-electron chi connectivity index (χ0n) is 12.9. The smallest absolute Gasteiger partial charge is 0.166 e. The topological polar surface area (TPSA) is 40.5 Å². The van der Waals surface area contributed by atoms with Gasteiger partial charge in [0.15, 0.2) is 5.78 Å². The summed E-state index contributed by atoms with van der Waals surface area (Å²) in [7, 11) is 0. The fourth-order valence-corrected chi connectivity index (χ4v) is 3.59. The molecule has 1 unspecified atom stereocenters. The first-order chi connectivity index (χ1) is 10.1. The Bertz CT molecular complexity index is 518. The third-order valence-corrected chi connectivity index (χ3v) is 4.80. The van der Waals surface area contributed by atoms with Crippen LogP contribution in [0.2, 0.25) is 5.02 Å². The number of ketones is 1. The quantitative estimate of drug-likeness (QED) is 0.810. The molecule has 1 atom stereocenters. The number of Topliss-reactive ketones (excluding diaryl/α,β-unsaturated/α-hetero) is 1. The highest BCUT2D eigenvalue weighted by atomic mass is 35.5. The van der Waals surface area contributed by atoms with E-state index in [1.807, 2.05) is 19.1 Å². The fraction of sp³-hybridized carbons (Fsp3) is 0.588. The molecule has 21 heavy (non-hydrogen) atoms. The molecule has 0 aromatic heterocycles. The van der Waals surface area contributed by atoms with Crippen molar-refractivity contribution in [3.63, 3.8) is 0 Å². The molecule has 0 aliphatic carbocycles. The Hall–Kier alpha value is -1.06. The Morgan fingerprint density at radius 2 is 2.19 bits per heavy atom. The molecule has 2 rings (SSSR count). The highest BCUT2D eigenvalue weighted by molar-refractivity contribution is 6.34. The number of anilines is 1. The molecule has 1 heterocycles. The van der Waals surface area contributed by atoms with Crippen molar-refractivity contribution >= 4 is 23.1 Å². The maximum atomic E-state index is 12.2. The van der Waals surface area contributed by atoms with Crippen molar-refractivity contribution in [3.05, 3.63) is 28.8 Å². The van der Waals surface area contributed by atoms with Gasteiger partial charge < -0.3 is 10.0 Å². The monoisotopic (exact) mass is 309 g/mol. The number of aliphatic hydroxyl groups is 1. The number of rotatable bonds is 6. The molecule has 0 saturated carbocycles. The van der Waals surface area contributed by atoms with Gasteiger partial charge >= 0.3 is 0 Å². The molecule has 1 fully saturated rings. The largest absolute Gasteiger partial charge is 0.396 e. The molecule has 0 amide bonds. The summed E-state index contributed by atoms with van der Waals surface area (Å²) in [6.07, 6.45) is 3.48. The number of hydrogen-bond donors (Lipinski definition) is 1. The lowest BCUT2D eigenvalue weighted by Crippen LogP contribution is -2.31. The highest BCUT2D eigenvalue weighted by Gasteiger charge is 2.38. The maximum absolute atomic E-state index is 12.2. The summed E-state index contributed by atoms with van der Waals surface area (Å²) in [6.45, 7) is 5.86. The second-order valence-corrected chi connectivity index (χ2v) is 6.40. The van der Waals surface area contributed by atoms with Crippen LogP contribution in [0.4, 0.5) is 5.69 Å². The van der Waals surface area contributed by atoms with Crippen LogP contribution in [0, 0.1) is 5.41 Å². The number of carbonyl (C=O) groups excluding carboxylic acids is 1. The number of nitrogens with zero attached hydrogens (tertiary/aromatic N) is 1. The van der Waals surface area contributed by atoms with Gasteiger partial charge in [0.1, 0.15) is 0 Å². The molecule has 1 aromatic rings. The van der Waals surface area contributed by atoms with E-state index < -0.39 is 0 Å². The van der Waals surface area contributed by atoms with Gasteiger partial charge in [-0.05, 0) is 25.0 Å². The molecule has 1 saturated heterocycles. The molecule has 1 aliphatic rings.